The second kappa shape index (κ2) is 11.7. The molecule has 0 spiro atoms. The second-order valence-corrected chi connectivity index (χ2v) is 9.06. The van der Waals surface area contributed by atoms with Crippen LogP contribution in [0.3, 0.4) is 0 Å². The standard InChI is InChI=1S/C27H35N3O2/c1-20(2)24-11-6-21(3)26(17-24)32-16-4-5-27(31)29-25-12-14-30(15-13-25)19-23-9-7-22(18-28)8-10-23/h6-11,17,20,25H,4-5,12-16,19H2,1-3H3,(H,29,31). The number of rotatable bonds is 9. The first kappa shape index (κ1) is 23.8. The van der Waals surface area contributed by atoms with Crippen LogP contribution in [0.2, 0.25) is 0 Å². The van der Waals surface area contributed by atoms with Crippen LogP contribution in [0.1, 0.15) is 67.7 Å². The normalized spacial score (nSPS) is 14.8. The summed E-state index contributed by atoms with van der Waals surface area (Å²) < 4.78 is 5.95. The Labute approximate surface area is 192 Å². The SMILES string of the molecule is Cc1ccc(C(C)C)cc1OCCCC(=O)NC1CCN(Cc2ccc(C#N)cc2)CC1. The molecule has 1 N–H and O–H groups in total. The minimum atomic E-state index is 0.117. The van der Waals surface area contributed by atoms with Gasteiger partial charge in [0.2, 0.25) is 5.91 Å². The van der Waals surface area contributed by atoms with Gasteiger partial charge in [-0.05, 0) is 67.0 Å². The molecular weight excluding hydrogens is 398 g/mol. The van der Waals surface area contributed by atoms with E-state index in [1.807, 2.05) is 24.3 Å². The van der Waals surface area contributed by atoms with Crippen molar-refractivity contribution >= 4 is 5.91 Å². The first-order valence-electron chi connectivity index (χ1n) is 11.7. The van der Waals surface area contributed by atoms with E-state index in [2.05, 4.69) is 55.3 Å². The highest BCUT2D eigenvalue weighted by atomic mass is 16.5. The lowest BCUT2D eigenvalue weighted by Gasteiger charge is -2.32. The minimum absolute atomic E-state index is 0.117. The van der Waals surface area contributed by atoms with Crippen molar-refractivity contribution in [2.24, 2.45) is 0 Å². The zero-order valence-electron chi connectivity index (χ0n) is 19.6. The van der Waals surface area contributed by atoms with Crippen LogP contribution in [0.25, 0.3) is 0 Å². The van der Waals surface area contributed by atoms with Gasteiger partial charge in [0, 0.05) is 32.1 Å². The Morgan fingerprint density at radius 1 is 1.19 bits per heavy atom. The monoisotopic (exact) mass is 433 g/mol. The number of carbonyl (C=O) groups excluding carboxylic acids is 1. The maximum absolute atomic E-state index is 12.4. The first-order valence-corrected chi connectivity index (χ1v) is 11.7. The summed E-state index contributed by atoms with van der Waals surface area (Å²) in [5.74, 6) is 1.51. The summed E-state index contributed by atoms with van der Waals surface area (Å²) in [6, 6.07) is 16.6. The summed E-state index contributed by atoms with van der Waals surface area (Å²) in [5, 5.41) is 12.1. The van der Waals surface area contributed by atoms with Crippen LogP contribution < -0.4 is 10.1 Å². The Morgan fingerprint density at radius 2 is 1.91 bits per heavy atom. The Morgan fingerprint density at radius 3 is 2.56 bits per heavy atom. The van der Waals surface area contributed by atoms with Crippen LogP contribution in [0.15, 0.2) is 42.5 Å². The molecule has 3 rings (SSSR count). The van der Waals surface area contributed by atoms with Crippen LogP contribution in [0, 0.1) is 18.3 Å². The van der Waals surface area contributed by atoms with Gasteiger partial charge in [0.05, 0.1) is 18.2 Å². The van der Waals surface area contributed by atoms with Gasteiger partial charge < -0.3 is 10.1 Å². The number of amides is 1. The molecular formula is C27H35N3O2. The number of ether oxygens (including phenoxy) is 1. The maximum Gasteiger partial charge on any atom is 0.220 e. The topological polar surface area (TPSA) is 65.4 Å². The molecule has 5 nitrogen and oxygen atoms in total. The van der Waals surface area contributed by atoms with Gasteiger partial charge in [-0.15, -0.1) is 0 Å². The Hall–Kier alpha value is -2.84. The smallest absolute Gasteiger partial charge is 0.220 e. The molecule has 1 aliphatic heterocycles. The minimum Gasteiger partial charge on any atom is -0.493 e. The molecule has 0 radical (unpaired) electrons. The fourth-order valence-corrected chi connectivity index (χ4v) is 4.02. The van der Waals surface area contributed by atoms with Gasteiger partial charge in [0.25, 0.3) is 0 Å². The Balaban J connectivity index is 1.33. The number of nitriles is 1. The van der Waals surface area contributed by atoms with Crippen molar-refractivity contribution in [3.8, 4) is 11.8 Å². The van der Waals surface area contributed by atoms with Crippen LogP contribution in [-0.2, 0) is 11.3 Å². The lowest BCUT2D eigenvalue weighted by atomic mass is 10.0. The molecule has 2 aromatic rings. The van der Waals surface area contributed by atoms with Crippen molar-refractivity contribution in [2.45, 2.75) is 65.0 Å². The van der Waals surface area contributed by atoms with Crippen molar-refractivity contribution in [1.29, 1.82) is 5.26 Å². The molecule has 32 heavy (non-hydrogen) atoms. The van der Waals surface area contributed by atoms with Gasteiger partial charge in [-0.1, -0.05) is 38.1 Å². The summed E-state index contributed by atoms with van der Waals surface area (Å²) in [4.78, 5) is 14.8. The summed E-state index contributed by atoms with van der Waals surface area (Å²) in [5.41, 5.74) is 4.32. The molecule has 1 saturated heterocycles. The van der Waals surface area contributed by atoms with E-state index < -0.39 is 0 Å². The highest BCUT2D eigenvalue weighted by Gasteiger charge is 2.20. The van der Waals surface area contributed by atoms with E-state index in [1.54, 1.807) is 0 Å². The maximum atomic E-state index is 12.4. The molecule has 1 amide bonds. The van der Waals surface area contributed by atoms with Crippen LogP contribution >= 0.6 is 0 Å². The van der Waals surface area contributed by atoms with Gasteiger partial charge in [0.1, 0.15) is 5.75 Å². The summed E-state index contributed by atoms with van der Waals surface area (Å²) in [6.07, 6.45) is 3.16. The third kappa shape index (κ3) is 7.10. The zero-order valence-corrected chi connectivity index (χ0v) is 19.6. The van der Waals surface area contributed by atoms with Gasteiger partial charge in [-0.2, -0.15) is 5.26 Å². The fraction of sp³-hybridized carbons (Fsp3) is 0.481. The van der Waals surface area contributed by atoms with E-state index in [0.29, 0.717) is 30.9 Å². The largest absolute Gasteiger partial charge is 0.493 e. The third-order valence-electron chi connectivity index (χ3n) is 6.13. The lowest BCUT2D eigenvalue weighted by Crippen LogP contribution is -2.44. The quantitative estimate of drug-likeness (QED) is 0.570. The fourth-order valence-electron chi connectivity index (χ4n) is 4.02. The van der Waals surface area contributed by atoms with E-state index in [-0.39, 0.29) is 11.9 Å². The number of hydrogen-bond donors (Lipinski definition) is 1. The molecule has 0 bridgehead atoms. The molecule has 1 aliphatic rings. The van der Waals surface area contributed by atoms with Crippen molar-refractivity contribution in [1.82, 2.24) is 10.2 Å². The third-order valence-corrected chi connectivity index (χ3v) is 6.13. The molecule has 0 aliphatic carbocycles. The molecule has 1 heterocycles. The number of piperidine rings is 1. The van der Waals surface area contributed by atoms with Crippen LogP contribution in [0.4, 0.5) is 0 Å². The molecule has 0 aromatic heterocycles. The predicted octanol–water partition coefficient (Wildman–Crippen LogP) is 4.93. The number of carbonyl (C=O) groups is 1. The van der Waals surface area contributed by atoms with Gasteiger partial charge in [-0.3, -0.25) is 9.69 Å². The summed E-state index contributed by atoms with van der Waals surface area (Å²) >= 11 is 0. The van der Waals surface area contributed by atoms with Crippen LogP contribution in [-0.4, -0.2) is 36.5 Å². The first-order chi connectivity index (χ1) is 15.4. The number of nitrogens with one attached hydrogen (secondary N) is 1. The van der Waals surface area contributed by atoms with Crippen molar-refractivity contribution < 1.29 is 9.53 Å². The molecule has 5 heteroatoms. The second-order valence-electron chi connectivity index (χ2n) is 9.06. The predicted molar refractivity (Wildman–Crippen MR) is 128 cm³/mol. The van der Waals surface area contributed by atoms with Gasteiger partial charge >= 0.3 is 0 Å². The molecule has 170 valence electrons. The highest BCUT2D eigenvalue weighted by Crippen LogP contribution is 2.24. The van der Waals surface area contributed by atoms with Crippen molar-refractivity contribution in [3.05, 3.63) is 64.7 Å². The number of aryl methyl sites for hydroxylation is 1. The molecule has 0 saturated carbocycles. The van der Waals surface area contributed by atoms with E-state index in [0.717, 1.165) is 43.8 Å². The Kier molecular flexibility index (Phi) is 8.70. The van der Waals surface area contributed by atoms with Crippen LogP contribution in [0.5, 0.6) is 5.75 Å². The molecule has 0 unspecified atom stereocenters. The molecule has 1 fully saturated rings. The average molecular weight is 434 g/mol. The van der Waals surface area contributed by atoms with Crippen molar-refractivity contribution in [2.75, 3.05) is 19.7 Å². The van der Waals surface area contributed by atoms with Gasteiger partial charge in [-0.25, -0.2) is 0 Å². The van der Waals surface area contributed by atoms with E-state index in [1.165, 1.54) is 11.1 Å². The molecule has 0 atom stereocenters. The van der Waals surface area contributed by atoms with Gasteiger partial charge in [0.15, 0.2) is 0 Å². The summed E-state index contributed by atoms with van der Waals surface area (Å²) in [7, 11) is 0. The number of hydrogen-bond acceptors (Lipinski definition) is 4. The van der Waals surface area contributed by atoms with E-state index in [9.17, 15) is 4.79 Å². The zero-order chi connectivity index (χ0) is 22.9. The van der Waals surface area contributed by atoms with Crippen molar-refractivity contribution in [3.63, 3.8) is 0 Å². The average Bonchev–Trinajstić information content (AvgIpc) is 2.79. The van der Waals surface area contributed by atoms with E-state index in [4.69, 9.17) is 10.00 Å². The Bertz CT molecular complexity index is 923. The van der Waals surface area contributed by atoms with E-state index >= 15 is 0 Å². The number of nitrogens with zero attached hydrogens (tertiary/aromatic N) is 2. The summed E-state index contributed by atoms with van der Waals surface area (Å²) in [6.45, 7) is 9.80. The lowest BCUT2D eigenvalue weighted by molar-refractivity contribution is -0.122. The number of likely N-dealkylation sites (tertiary alicyclic amines) is 1. The highest BCUT2D eigenvalue weighted by molar-refractivity contribution is 5.76. The molecule has 2 aromatic carbocycles. The number of benzene rings is 2.